The molecule has 0 aliphatic heterocycles. The number of carbonyl (C=O) groups is 1. The minimum Gasteiger partial charge on any atom is -0.423 e. The van der Waals surface area contributed by atoms with Crippen molar-refractivity contribution >= 4 is 37.8 Å². The van der Waals surface area contributed by atoms with Gasteiger partial charge in [0.1, 0.15) is 5.75 Å². The SMILES string of the molecule is C=CC(=O)Oc1ccccc1CCCCCCCCCCCCCCCCCC(Br)Br. The minimum atomic E-state index is -0.388. The lowest BCUT2D eigenvalue weighted by Gasteiger charge is -2.08. The van der Waals surface area contributed by atoms with E-state index in [1.54, 1.807) is 0 Å². The molecule has 0 radical (unpaired) electrons. The van der Waals surface area contributed by atoms with Crippen LogP contribution in [0.4, 0.5) is 0 Å². The molecule has 0 spiro atoms. The zero-order chi connectivity index (χ0) is 22.6. The average Bonchev–Trinajstić information content (AvgIpc) is 2.76. The summed E-state index contributed by atoms with van der Waals surface area (Å²) < 4.78 is 5.82. The molecule has 0 amide bonds. The van der Waals surface area contributed by atoms with Crippen LogP contribution in [0.2, 0.25) is 0 Å². The summed E-state index contributed by atoms with van der Waals surface area (Å²) >= 11 is 7.08. The number of carbonyl (C=O) groups excluding carboxylic acids is 1. The first-order chi connectivity index (χ1) is 15.1. The number of alkyl halides is 2. The third kappa shape index (κ3) is 16.7. The van der Waals surface area contributed by atoms with Crippen LogP contribution >= 0.6 is 31.9 Å². The molecule has 0 bridgehead atoms. The quantitative estimate of drug-likeness (QED) is 0.0524. The van der Waals surface area contributed by atoms with Crippen molar-refractivity contribution in [2.24, 2.45) is 0 Å². The fourth-order valence-electron chi connectivity index (χ4n) is 3.87. The van der Waals surface area contributed by atoms with Gasteiger partial charge in [0, 0.05) is 6.08 Å². The zero-order valence-corrected chi connectivity index (χ0v) is 22.4. The second-order valence-corrected chi connectivity index (χ2v) is 11.9. The lowest BCUT2D eigenvalue weighted by molar-refractivity contribution is -0.129. The molecule has 2 nitrogen and oxygen atoms in total. The lowest BCUT2D eigenvalue weighted by atomic mass is 10.0. The third-order valence-corrected chi connectivity index (χ3v) is 6.63. The van der Waals surface area contributed by atoms with Crippen molar-refractivity contribution in [3.05, 3.63) is 42.5 Å². The number of aryl methyl sites for hydroxylation is 1. The molecule has 0 N–H and O–H groups in total. The number of esters is 1. The van der Waals surface area contributed by atoms with Gasteiger partial charge in [0.05, 0.1) is 3.74 Å². The van der Waals surface area contributed by atoms with E-state index >= 15 is 0 Å². The second-order valence-electron chi connectivity index (χ2n) is 8.47. The number of hydrogen-bond acceptors (Lipinski definition) is 2. The van der Waals surface area contributed by atoms with Crippen molar-refractivity contribution in [1.82, 2.24) is 0 Å². The van der Waals surface area contributed by atoms with Gasteiger partial charge in [-0.3, -0.25) is 0 Å². The molecule has 0 saturated carbocycles. The predicted octanol–water partition coefficient (Wildman–Crippen LogP) is 9.68. The van der Waals surface area contributed by atoms with Crippen LogP contribution in [0, 0.1) is 0 Å². The van der Waals surface area contributed by atoms with E-state index < -0.39 is 0 Å². The first-order valence-electron chi connectivity index (χ1n) is 12.3. The number of hydrogen-bond donors (Lipinski definition) is 0. The van der Waals surface area contributed by atoms with Crippen LogP contribution in [-0.2, 0) is 11.2 Å². The molecule has 0 saturated heterocycles. The van der Waals surface area contributed by atoms with Gasteiger partial charge in [-0.15, -0.1) is 0 Å². The summed E-state index contributed by atoms with van der Waals surface area (Å²) in [6, 6.07) is 7.82. The lowest BCUT2D eigenvalue weighted by Crippen LogP contribution is -2.05. The van der Waals surface area contributed by atoms with Gasteiger partial charge in [0.15, 0.2) is 0 Å². The number of unbranched alkanes of at least 4 members (excludes halogenated alkanes) is 14. The van der Waals surface area contributed by atoms with E-state index in [2.05, 4.69) is 44.5 Å². The Labute approximate surface area is 207 Å². The summed E-state index contributed by atoms with van der Waals surface area (Å²) in [7, 11) is 0. The summed E-state index contributed by atoms with van der Waals surface area (Å²) in [5.41, 5.74) is 1.12. The predicted molar refractivity (Wildman–Crippen MR) is 141 cm³/mol. The summed E-state index contributed by atoms with van der Waals surface area (Å²) in [5.74, 6) is 0.288. The maximum atomic E-state index is 11.4. The summed E-state index contributed by atoms with van der Waals surface area (Å²) in [6.45, 7) is 3.46. The Kier molecular flexibility index (Phi) is 18.4. The molecule has 176 valence electrons. The number of rotatable bonds is 20. The van der Waals surface area contributed by atoms with E-state index in [0.717, 1.165) is 18.4 Å². The fraction of sp³-hybridized carbons (Fsp3) is 0.667. The van der Waals surface area contributed by atoms with Crippen molar-refractivity contribution < 1.29 is 9.53 Å². The molecule has 0 heterocycles. The van der Waals surface area contributed by atoms with Gasteiger partial charge in [-0.25, -0.2) is 4.79 Å². The average molecular weight is 558 g/mol. The Balaban J connectivity index is 1.88. The van der Waals surface area contributed by atoms with Crippen LogP contribution in [0.25, 0.3) is 0 Å². The molecule has 0 aromatic heterocycles. The summed E-state index contributed by atoms with van der Waals surface area (Å²) in [6.07, 6.45) is 23.8. The molecule has 31 heavy (non-hydrogen) atoms. The van der Waals surface area contributed by atoms with Gasteiger partial charge in [-0.2, -0.15) is 0 Å². The number of ether oxygens (including phenoxy) is 1. The van der Waals surface area contributed by atoms with Crippen LogP contribution < -0.4 is 4.74 Å². The molecule has 0 unspecified atom stereocenters. The maximum absolute atomic E-state index is 11.4. The van der Waals surface area contributed by atoms with Crippen molar-refractivity contribution in [2.45, 2.75) is 113 Å². The van der Waals surface area contributed by atoms with Gasteiger partial charge in [0.25, 0.3) is 0 Å². The van der Waals surface area contributed by atoms with Crippen molar-refractivity contribution in [2.75, 3.05) is 0 Å². The van der Waals surface area contributed by atoms with Gasteiger partial charge < -0.3 is 4.74 Å². The van der Waals surface area contributed by atoms with Crippen LogP contribution in [0.3, 0.4) is 0 Å². The van der Waals surface area contributed by atoms with E-state index in [0.29, 0.717) is 9.49 Å². The Bertz CT molecular complexity index is 586. The minimum absolute atomic E-state index is 0.388. The summed E-state index contributed by atoms with van der Waals surface area (Å²) in [4.78, 5) is 11.4. The highest BCUT2D eigenvalue weighted by atomic mass is 79.9. The molecule has 1 aromatic carbocycles. The monoisotopic (exact) mass is 556 g/mol. The maximum Gasteiger partial charge on any atom is 0.335 e. The first kappa shape index (κ1) is 28.4. The van der Waals surface area contributed by atoms with Gasteiger partial charge >= 0.3 is 5.97 Å². The molecular formula is C27H42Br2O2. The highest BCUT2D eigenvalue weighted by Gasteiger charge is 2.06. The standard InChI is InChI=1S/C27H42Br2O2/c1-2-27(30)31-25-22-19-18-21-24(25)20-16-14-12-10-8-6-4-3-5-7-9-11-13-15-17-23-26(28)29/h2,18-19,21-22,26H,1,3-17,20,23H2. The van der Waals surface area contributed by atoms with Crippen LogP contribution in [-0.4, -0.2) is 9.71 Å². The Hall–Kier alpha value is -0.610. The fourth-order valence-corrected chi connectivity index (χ4v) is 4.52. The Morgan fingerprint density at radius 3 is 1.71 bits per heavy atom. The number of para-hydroxylation sites is 1. The Morgan fingerprint density at radius 1 is 0.774 bits per heavy atom. The Morgan fingerprint density at radius 2 is 1.23 bits per heavy atom. The van der Waals surface area contributed by atoms with E-state index in [1.807, 2.05) is 18.2 Å². The van der Waals surface area contributed by atoms with Gasteiger partial charge in [-0.05, 0) is 30.9 Å². The molecule has 1 rings (SSSR count). The summed E-state index contributed by atoms with van der Waals surface area (Å²) in [5, 5.41) is 0. The van der Waals surface area contributed by atoms with E-state index in [4.69, 9.17) is 4.74 Å². The van der Waals surface area contributed by atoms with Gasteiger partial charge in [-0.1, -0.05) is 147 Å². The highest BCUT2D eigenvalue weighted by molar-refractivity contribution is 9.24. The van der Waals surface area contributed by atoms with Crippen molar-refractivity contribution in [3.63, 3.8) is 0 Å². The topological polar surface area (TPSA) is 26.3 Å². The second kappa shape index (κ2) is 20.0. The van der Waals surface area contributed by atoms with E-state index in [-0.39, 0.29) is 5.97 Å². The van der Waals surface area contributed by atoms with Crippen LogP contribution in [0.5, 0.6) is 5.75 Å². The normalized spacial score (nSPS) is 11.1. The van der Waals surface area contributed by atoms with E-state index in [9.17, 15) is 4.79 Å². The highest BCUT2D eigenvalue weighted by Crippen LogP contribution is 2.21. The number of benzene rings is 1. The largest absolute Gasteiger partial charge is 0.423 e. The third-order valence-electron chi connectivity index (χ3n) is 5.72. The zero-order valence-electron chi connectivity index (χ0n) is 19.3. The molecule has 0 aliphatic rings. The number of halogens is 2. The van der Waals surface area contributed by atoms with Crippen LogP contribution in [0.15, 0.2) is 36.9 Å². The van der Waals surface area contributed by atoms with Crippen molar-refractivity contribution in [1.29, 1.82) is 0 Å². The van der Waals surface area contributed by atoms with Crippen molar-refractivity contribution in [3.8, 4) is 5.75 Å². The van der Waals surface area contributed by atoms with Gasteiger partial charge in [0.2, 0.25) is 0 Å². The molecule has 4 heteroatoms. The van der Waals surface area contributed by atoms with Crippen LogP contribution in [0.1, 0.15) is 108 Å². The molecular weight excluding hydrogens is 516 g/mol. The van der Waals surface area contributed by atoms with E-state index in [1.165, 1.54) is 102 Å². The first-order valence-corrected chi connectivity index (χ1v) is 14.2. The molecule has 0 fully saturated rings. The molecule has 0 aliphatic carbocycles. The molecule has 1 aromatic rings. The smallest absolute Gasteiger partial charge is 0.335 e. The molecule has 0 atom stereocenters.